The number of sulfone groups is 1. The molecule has 96 valence electrons. The van der Waals surface area contributed by atoms with Crippen LogP contribution in [-0.4, -0.2) is 25.9 Å². The summed E-state index contributed by atoms with van der Waals surface area (Å²) in [6.07, 6.45) is 0. The summed E-state index contributed by atoms with van der Waals surface area (Å²) in [5, 5.41) is 9.58. The number of benzene rings is 1. The Kier molecular flexibility index (Phi) is 5.25. The van der Waals surface area contributed by atoms with Crippen LogP contribution in [0.3, 0.4) is 0 Å². The Morgan fingerprint density at radius 2 is 1.94 bits per heavy atom. The van der Waals surface area contributed by atoms with Gasteiger partial charge in [0.25, 0.3) is 0 Å². The van der Waals surface area contributed by atoms with Crippen LogP contribution in [0, 0.1) is 5.92 Å². The Morgan fingerprint density at radius 3 is 2.47 bits per heavy atom. The zero-order valence-electron chi connectivity index (χ0n) is 9.36. The van der Waals surface area contributed by atoms with E-state index in [0.29, 0.717) is 15.6 Å². The van der Waals surface area contributed by atoms with E-state index in [9.17, 15) is 8.42 Å². The molecule has 1 unspecified atom stereocenters. The van der Waals surface area contributed by atoms with E-state index in [1.165, 1.54) is 0 Å². The maximum atomic E-state index is 11.8. The molecular formula is C11H14Cl2O3S. The summed E-state index contributed by atoms with van der Waals surface area (Å²) in [5.74, 6) is -0.388. The second kappa shape index (κ2) is 6.05. The minimum atomic E-state index is -3.24. The van der Waals surface area contributed by atoms with Gasteiger partial charge in [-0.25, -0.2) is 8.42 Å². The van der Waals surface area contributed by atoms with Crippen LogP contribution in [0.5, 0.6) is 0 Å². The third kappa shape index (κ3) is 4.84. The normalized spacial score (nSPS) is 13.6. The predicted octanol–water partition coefficient (Wildman–Crippen LogP) is 2.54. The molecular weight excluding hydrogens is 283 g/mol. The number of halogens is 2. The molecule has 0 amide bonds. The molecule has 1 rings (SSSR count). The van der Waals surface area contributed by atoms with Crippen molar-refractivity contribution < 1.29 is 13.5 Å². The minimum Gasteiger partial charge on any atom is -0.396 e. The largest absolute Gasteiger partial charge is 0.396 e. The summed E-state index contributed by atoms with van der Waals surface area (Å²) >= 11 is 11.6. The van der Waals surface area contributed by atoms with Crippen LogP contribution in [0.4, 0.5) is 0 Å². The zero-order valence-corrected chi connectivity index (χ0v) is 11.7. The van der Waals surface area contributed by atoms with E-state index in [-0.39, 0.29) is 24.0 Å². The molecule has 1 N–H and O–H groups in total. The fourth-order valence-corrected chi connectivity index (χ4v) is 3.53. The van der Waals surface area contributed by atoms with Gasteiger partial charge in [-0.1, -0.05) is 36.2 Å². The predicted molar refractivity (Wildman–Crippen MR) is 70.2 cm³/mol. The highest BCUT2D eigenvalue weighted by molar-refractivity contribution is 7.90. The summed E-state index contributed by atoms with van der Waals surface area (Å²) in [6.45, 7) is 1.55. The lowest BCUT2D eigenvalue weighted by atomic mass is 10.2. The van der Waals surface area contributed by atoms with Crippen LogP contribution < -0.4 is 0 Å². The molecule has 1 aromatic rings. The molecule has 1 aromatic carbocycles. The molecule has 0 aromatic heterocycles. The van der Waals surface area contributed by atoms with Gasteiger partial charge < -0.3 is 5.11 Å². The molecule has 0 fully saturated rings. The molecule has 17 heavy (non-hydrogen) atoms. The van der Waals surface area contributed by atoms with Crippen LogP contribution in [0.1, 0.15) is 12.5 Å². The van der Waals surface area contributed by atoms with Gasteiger partial charge in [-0.3, -0.25) is 0 Å². The van der Waals surface area contributed by atoms with E-state index in [1.807, 2.05) is 0 Å². The molecule has 0 aliphatic rings. The maximum Gasteiger partial charge on any atom is 0.154 e. The van der Waals surface area contributed by atoms with Gasteiger partial charge >= 0.3 is 0 Å². The highest BCUT2D eigenvalue weighted by atomic mass is 35.5. The Bertz CT molecular complexity index is 485. The standard InChI is InChI=1S/C11H14Cl2O3S/c1-8(5-14)6-17(15,16)7-9-2-3-10(12)11(13)4-9/h2-4,8,14H,5-7H2,1H3. The van der Waals surface area contributed by atoms with Crippen molar-refractivity contribution in [2.75, 3.05) is 12.4 Å². The first-order valence-electron chi connectivity index (χ1n) is 5.09. The van der Waals surface area contributed by atoms with Crippen molar-refractivity contribution in [3.05, 3.63) is 33.8 Å². The average Bonchev–Trinajstić information content (AvgIpc) is 2.22. The van der Waals surface area contributed by atoms with Gasteiger partial charge in [0.1, 0.15) is 0 Å². The highest BCUT2D eigenvalue weighted by Crippen LogP contribution is 2.23. The van der Waals surface area contributed by atoms with Crippen molar-refractivity contribution in [1.82, 2.24) is 0 Å². The van der Waals surface area contributed by atoms with Crippen molar-refractivity contribution in [3.63, 3.8) is 0 Å². The Balaban J connectivity index is 2.80. The Hall–Kier alpha value is -0.290. The fourth-order valence-electron chi connectivity index (χ4n) is 1.43. The molecule has 0 radical (unpaired) electrons. The van der Waals surface area contributed by atoms with E-state index < -0.39 is 9.84 Å². The quantitative estimate of drug-likeness (QED) is 0.908. The molecule has 0 spiro atoms. The van der Waals surface area contributed by atoms with Gasteiger partial charge in [-0.15, -0.1) is 0 Å². The third-order valence-corrected chi connectivity index (χ3v) is 4.81. The summed E-state index contributed by atoms with van der Waals surface area (Å²) < 4.78 is 23.6. The first-order valence-corrected chi connectivity index (χ1v) is 7.67. The second-order valence-corrected chi connectivity index (χ2v) is 7.01. The number of aliphatic hydroxyl groups is 1. The van der Waals surface area contributed by atoms with E-state index in [4.69, 9.17) is 28.3 Å². The van der Waals surface area contributed by atoms with Gasteiger partial charge in [-0.2, -0.15) is 0 Å². The number of rotatable bonds is 5. The van der Waals surface area contributed by atoms with Crippen LogP contribution >= 0.6 is 23.2 Å². The van der Waals surface area contributed by atoms with Gasteiger partial charge in [0, 0.05) is 6.61 Å². The van der Waals surface area contributed by atoms with Gasteiger partial charge in [-0.05, 0) is 23.6 Å². The summed E-state index contributed by atoms with van der Waals surface area (Å²) in [6, 6.07) is 4.75. The van der Waals surface area contributed by atoms with E-state index >= 15 is 0 Å². The van der Waals surface area contributed by atoms with Crippen LogP contribution in [0.2, 0.25) is 10.0 Å². The zero-order chi connectivity index (χ0) is 13.1. The first-order chi connectivity index (χ1) is 7.84. The molecule has 1 atom stereocenters. The van der Waals surface area contributed by atoms with E-state index in [2.05, 4.69) is 0 Å². The van der Waals surface area contributed by atoms with Crippen LogP contribution in [0.25, 0.3) is 0 Å². The third-order valence-electron chi connectivity index (χ3n) is 2.22. The summed E-state index contributed by atoms with van der Waals surface area (Å²) in [4.78, 5) is 0. The fraction of sp³-hybridized carbons (Fsp3) is 0.455. The van der Waals surface area contributed by atoms with Crippen molar-refractivity contribution in [3.8, 4) is 0 Å². The highest BCUT2D eigenvalue weighted by Gasteiger charge is 2.16. The average molecular weight is 297 g/mol. The SMILES string of the molecule is CC(CO)CS(=O)(=O)Cc1ccc(Cl)c(Cl)c1. The van der Waals surface area contributed by atoms with Crippen molar-refractivity contribution in [2.24, 2.45) is 5.92 Å². The molecule has 6 heteroatoms. The van der Waals surface area contributed by atoms with E-state index in [0.717, 1.165) is 0 Å². The van der Waals surface area contributed by atoms with Crippen LogP contribution in [0.15, 0.2) is 18.2 Å². The molecule has 0 aliphatic heterocycles. The topological polar surface area (TPSA) is 54.4 Å². The number of aliphatic hydroxyl groups excluding tert-OH is 1. The lowest BCUT2D eigenvalue weighted by molar-refractivity contribution is 0.249. The molecule has 0 saturated heterocycles. The summed E-state index contributed by atoms with van der Waals surface area (Å²) in [5.41, 5.74) is 0.601. The minimum absolute atomic E-state index is 0.0380. The molecule has 0 saturated carbocycles. The molecule has 3 nitrogen and oxygen atoms in total. The van der Waals surface area contributed by atoms with Crippen LogP contribution in [-0.2, 0) is 15.6 Å². The molecule has 0 bridgehead atoms. The summed E-state index contributed by atoms with van der Waals surface area (Å²) in [7, 11) is -3.24. The van der Waals surface area contributed by atoms with Crippen molar-refractivity contribution in [1.29, 1.82) is 0 Å². The first kappa shape index (κ1) is 14.8. The van der Waals surface area contributed by atoms with Crippen molar-refractivity contribution in [2.45, 2.75) is 12.7 Å². The number of hydrogen-bond donors (Lipinski definition) is 1. The monoisotopic (exact) mass is 296 g/mol. The smallest absolute Gasteiger partial charge is 0.154 e. The lowest BCUT2D eigenvalue weighted by Crippen LogP contribution is -2.18. The van der Waals surface area contributed by atoms with Gasteiger partial charge in [0.15, 0.2) is 9.84 Å². The lowest BCUT2D eigenvalue weighted by Gasteiger charge is -2.09. The second-order valence-electron chi connectivity index (χ2n) is 4.09. The molecule has 0 heterocycles. The number of hydrogen-bond acceptors (Lipinski definition) is 3. The molecule has 0 aliphatic carbocycles. The van der Waals surface area contributed by atoms with E-state index in [1.54, 1.807) is 25.1 Å². The van der Waals surface area contributed by atoms with Gasteiger partial charge in [0.2, 0.25) is 0 Å². The maximum absolute atomic E-state index is 11.8. The van der Waals surface area contributed by atoms with Crippen molar-refractivity contribution >= 4 is 33.0 Å². The van der Waals surface area contributed by atoms with Gasteiger partial charge in [0.05, 0.1) is 21.6 Å². The Labute approximate surface area is 111 Å². The Morgan fingerprint density at radius 1 is 1.29 bits per heavy atom.